The largest absolute Gasteiger partial charge is 0.508 e. The van der Waals surface area contributed by atoms with Gasteiger partial charge in [0.25, 0.3) is 0 Å². The van der Waals surface area contributed by atoms with Crippen LogP contribution >= 0.6 is 11.8 Å². The smallest absolute Gasteiger partial charge is 0.326 e. The molecule has 1 aromatic carbocycles. The molecule has 1 rings (SSSR count). The van der Waals surface area contributed by atoms with Crippen molar-refractivity contribution in [1.82, 2.24) is 42.5 Å². The molecular weight excluding hydrogens is 1000 g/mol. The van der Waals surface area contributed by atoms with E-state index in [1.807, 2.05) is 0 Å². The molecule has 0 aliphatic heterocycles. The van der Waals surface area contributed by atoms with Gasteiger partial charge in [-0.1, -0.05) is 39.8 Å². The fourth-order valence-electron chi connectivity index (χ4n) is 7.26. The minimum Gasteiger partial charge on any atom is -0.508 e. The van der Waals surface area contributed by atoms with E-state index in [0.29, 0.717) is 17.7 Å². The van der Waals surface area contributed by atoms with Gasteiger partial charge in [0.05, 0.1) is 12.8 Å². The van der Waals surface area contributed by atoms with Crippen LogP contribution in [0, 0.1) is 11.8 Å². The number of aliphatic carboxylic acids is 2. The molecule has 0 saturated carbocycles. The molecule has 0 bridgehead atoms. The van der Waals surface area contributed by atoms with Crippen molar-refractivity contribution >= 4 is 82.8 Å². The van der Waals surface area contributed by atoms with E-state index in [0.717, 1.165) is 0 Å². The number of phenols is 1. The highest BCUT2D eigenvalue weighted by atomic mass is 32.2. The van der Waals surface area contributed by atoms with Gasteiger partial charge < -0.3 is 80.8 Å². The Kier molecular flexibility index (Phi) is 30.1. The maximum absolute atomic E-state index is 14.1. The topological polar surface area (TPSA) is 461 Å². The Morgan fingerprint density at radius 3 is 1.52 bits per heavy atom. The van der Waals surface area contributed by atoms with E-state index in [9.17, 15) is 68.1 Å². The van der Waals surface area contributed by atoms with Crippen molar-refractivity contribution in [2.24, 2.45) is 39.8 Å². The lowest BCUT2D eigenvalue weighted by Crippen LogP contribution is -2.61. The number of nitrogens with zero attached hydrogens (tertiary/aromatic N) is 1. The molecule has 0 heterocycles. The first-order valence-corrected chi connectivity index (χ1v) is 25.7. The van der Waals surface area contributed by atoms with Gasteiger partial charge in [-0.15, -0.1) is 0 Å². The molecule has 0 aliphatic carbocycles. The molecular formula is C47H77N13O14S. The van der Waals surface area contributed by atoms with Crippen LogP contribution in [-0.4, -0.2) is 160 Å². The van der Waals surface area contributed by atoms with Crippen LogP contribution < -0.4 is 65.5 Å². The van der Waals surface area contributed by atoms with Gasteiger partial charge in [0.15, 0.2) is 5.96 Å². The first-order valence-electron chi connectivity index (χ1n) is 24.3. The quantitative estimate of drug-likeness (QED) is 0.0180. The monoisotopic (exact) mass is 1080 g/mol. The third-order valence-electron chi connectivity index (χ3n) is 11.1. The first-order chi connectivity index (χ1) is 35.2. The molecule has 0 unspecified atom stereocenters. The predicted octanol–water partition coefficient (Wildman–Crippen LogP) is -3.09. The molecule has 9 amide bonds. The summed E-state index contributed by atoms with van der Waals surface area (Å²) in [6, 6.07) is -6.18. The van der Waals surface area contributed by atoms with Crippen LogP contribution in [0.25, 0.3) is 0 Å². The van der Waals surface area contributed by atoms with E-state index in [1.165, 1.54) is 43.0 Å². The van der Waals surface area contributed by atoms with E-state index in [4.69, 9.17) is 22.9 Å². The molecule has 0 aliphatic rings. The Morgan fingerprint density at radius 2 is 1.05 bits per heavy atom. The van der Waals surface area contributed by atoms with Crippen LogP contribution in [0.1, 0.15) is 98.0 Å². The highest BCUT2D eigenvalue weighted by Crippen LogP contribution is 2.14. The number of thioether (sulfide) groups is 1. The van der Waals surface area contributed by atoms with E-state index < -0.39 is 132 Å². The minimum atomic E-state index is -1.75. The van der Waals surface area contributed by atoms with E-state index in [2.05, 4.69) is 47.5 Å². The SMILES string of the molecule is CSCC[C@H](NC(C)=O)C(=O)N[C@@H](CC(=O)O)C(=O)N[C@@H](CCCCN)C(=O)N[C@H](C(=O)N[C@@H](CC(C)C)C(=O)N[C@@H](CC(N)=O)C(=O)N[C@@H](CCCN=C(N)N)C(=O)N[C@@H](Cc1ccc(O)cc1)C(=O)O)C(C)C. The number of nitrogens with one attached hydrogen (secondary N) is 8. The summed E-state index contributed by atoms with van der Waals surface area (Å²) < 4.78 is 0. The second kappa shape index (κ2) is 34.3. The van der Waals surface area contributed by atoms with Gasteiger partial charge in [-0.05, 0) is 93.0 Å². The van der Waals surface area contributed by atoms with Crippen LogP contribution in [0.5, 0.6) is 5.75 Å². The summed E-state index contributed by atoms with van der Waals surface area (Å²) in [4.78, 5) is 149. The molecule has 0 aromatic heterocycles. The van der Waals surface area contributed by atoms with Gasteiger partial charge in [-0.2, -0.15) is 11.8 Å². The third kappa shape index (κ3) is 26.5. The van der Waals surface area contributed by atoms with Crippen molar-refractivity contribution in [2.45, 2.75) is 147 Å². The van der Waals surface area contributed by atoms with E-state index in [1.54, 1.807) is 34.0 Å². The summed E-state index contributed by atoms with van der Waals surface area (Å²) in [6.45, 7) is 7.99. The molecule has 0 radical (unpaired) electrons. The summed E-state index contributed by atoms with van der Waals surface area (Å²) in [7, 11) is 0. The van der Waals surface area contributed by atoms with Gasteiger partial charge in [0.2, 0.25) is 53.2 Å². The number of rotatable bonds is 36. The van der Waals surface area contributed by atoms with Crippen molar-refractivity contribution in [3.8, 4) is 5.75 Å². The van der Waals surface area contributed by atoms with E-state index in [-0.39, 0.29) is 75.7 Å². The zero-order valence-corrected chi connectivity index (χ0v) is 44.1. The van der Waals surface area contributed by atoms with Crippen LogP contribution in [-0.2, 0) is 59.2 Å². The van der Waals surface area contributed by atoms with E-state index >= 15 is 0 Å². The van der Waals surface area contributed by atoms with Crippen LogP contribution in [0.4, 0.5) is 0 Å². The maximum Gasteiger partial charge on any atom is 0.326 e. The predicted molar refractivity (Wildman–Crippen MR) is 277 cm³/mol. The molecule has 0 fully saturated rings. The molecule has 1 aromatic rings. The lowest BCUT2D eigenvalue weighted by molar-refractivity contribution is -0.142. The van der Waals surface area contributed by atoms with Gasteiger partial charge in [-0.25, -0.2) is 4.79 Å². The van der Waals surface area contributed by atoms with Gasteiger partial charge >= 0.3 is 11.9 Å². The number of hydrogen-bond acceptors (Lipinski definition) is 15. The molecule has 420 valence electrons. The minimum absolute atomic E-state index is 0.00855. The average Bonchev–Trinajstić information content (AvgIpc) is 3.31. The Hall–Kier alpha value is -7.23. The van der Waals surface area contributed by atoms with Crippen molar-refractivity contribution in [2.75, 3.05) is 25.1 Å². The Balaban J connectivity index is 3.47. The molecule has 27 nitrogen and oxygen atoms in total. The number of carbonyl (C=O) groups is 11. The first kappa shape index (κ1) is 65.8. The summed E-state index contributed by atoms with van der Waals surface area (Å²) in [5.74, 6) is -12.0. The van der Waals surface area contributed by atoms with Gasteiger partial charge in [-0.3, -0.25) is 52.9 Å². The highest BCUT2D eigenvalue weighted by molar-refractivity contribution is 7.98. The number of amides is 9. The summed E-state index contributed by atoms with van der Waals surface area (Å²) >= 11 is 1.39. The number of primary amides is 1. The fraction of sp³-hybridized carbons (Fsp3) is 0.617. The lowest BCUT2D eigenvalue weighted by Gasteiger charge is -2.29. The Bertz CT molecular complexity index is 2140. The number of aromatic hydroxyl groups is 1. The normalized spacial score (nSPS) is 14.2. The lowest BCUT2D eigenvalue weighted by atomic mass is 9.98. The van der Waals surface area contributed by atoms with Crippen LogP contribution in [0.2, 0.25) is 0 Å². The van der Waals surface area contributed by atoms with Gasteiger partial charge in [0, 0.05) is 19.9 Å². The molecule has 28 heteroatoms. The number of unbranched alkanes of at least 4 members (excludes halogenated alkanes) is 1. The number of guanidine groups is 1. The highest BCUT2D eigenvalue weighted by Gasteiger charge is 2.36. The van der Waals surface area contributed by atoms with Crippen molar-refractivity contribution in [1.29, 1.82) is 0 Å². The Labute approximate surface area is 439 Å². The zero-order valence-electron chi connectivity index (χ0n) is 43.3. The van der Waals surface area contributed by atoms with Crippen molar-refractivity contribution in [3.63, 3.8) is 0 Å². The number of hydrogen-bond donors (Lipinski definition) is 15. The molecule has 19 N–H and O–H groups in total. The third-order valence-corrected chi connectivity index (χ3v) is 11.7. The standard InChI is InChI=1S/C47H77N13O14S/c1-24(2)20-32(42(69)56-33(22-36(49)63)43(70)55-30(11-9-18-52-47(50)51)39(66)59-35(46(73)74)21-27-12-14-28(62)15-13-27)58-45(72)38(25(3)4)60-41(68)29(10-7-8-17-48)54-44(71)34(23-37(64)65)57-40(67)31(16-19-75-6)53-26(5)61/h12-15,24-25,29-35,38,62H,7-11,16-23,48H2,1-6H3,(H2,49,63)(H,53,61)(H,54,71)(H,55,70)(H,56,69)(H,57,67)(H,58,72)(H,59,66)(H,60,68)(H,64,65)(H,73,74)(H4,50,51,52)/t29-,30-,31-,32-,33-,34-,35-,38-/m0/s1. The number of aliphatic imine (C=N–C) groups is 1. The number of carboxylic acid groups (broad SMARTS) is 2. The summed E-state index contributed by atoms with van der Waals surface area (Å²) in [5, 5.41) is 49.0. The molecule has 75 heavy (non-hydrogen) atoms. The van der Waals surface area contributed by atoms with Crippen molar-refractivity contribution in [3.05, 3.63) is 29.8 Å². The summed E-state index contributed by atoms with van der Waals surface area (Å²) in [5.41, 5.74) is 22.5. The van der Waals surface area contributed by atoms with Crippen LogP contribution in [0.15, 0.2) is 29.3 Å². The molecule has 0 saturated heterocycles. The molecule has 8 atom stereocenters. The maximum atomic E-state index is 14.1. The zero-order chi connectivity index (χ0) is 56.9. The second-order valence-corrected chi connectivity index (χ2v) is 19.5. The van der Waals surface area contributed by atoms with Gasteiger partial charge in [0.1, 0.15) is 54.1 Å². The van der Waals surface area contributed by atoms with Crippen molar-refractivity contribution < 1.29 is 68.1 Å². The Morgan fingerprint density at radius 1 is 0.587 bits per heavy atom. The van der Waals surface area contributed by atoms with Crippen LogP contribution in [0.3, 0.4) is 0 Å². The average molecular weight is 1080 g/mol. The summed E-state index contributed by atoms with van der Waals surface area (Å²) in [6.07, 6.45) is 0.532. The molecule has 0 spiro atoms. The fourth-order valence-corrected chi connectivity index (χ4v) is 7.73. The number of carbonyl (C=O) groups excluding carboxylic acids is 9. The second-order valence-electron chi connectivity index (χ2n) is 18.5. The number of nitrogens with two attached hydrogens (primary N) is 4. The number of carboxylic acids is 2. The number of benzene rings is 1. The number of phenolic OH excluding ortho intramolecular Hbond substituents is 1.